The molecule has 0 aromatic heterocycles. The molecule has 0 amide bonds. The molecule has 0 saturated carbocycles. The maximum absolute atomic E-state index is 10.4. The van der Waals surface area contributed by atoms with Gasteiger partial charge in [-0.25, -0.2) is 0 Å². The number of fused-ring (bicyclic) bond motifs is 2. The lowest BCUT2D eigenvalue weighted by Gasteiger charge is -2.18. The van der Waals surface area contributed by atoms with Crippen molar-refractivity contribution >= 4 is 21.5 Å². The molecule has 156 valence electrons. The van der Waals surface area contributed by atoms with E-state index in [0.29, 0.717) is 13.2 Å². The summed E-state index contributed by atoms with van der Waals surface area (Å²) in [5.74, 6) is 1.56. The Morgan fingerprint density at radius 2 is 1.69 bits per heavy atom. The first-order chi connectivity index (χ1) is 14.1. The number of hydrogen-bond acceptors (Lipinski definition) is 3. The Kier molecular flexibility index (Phi) is 7.91. The molecule has 0 aliphatic heterocycles. The summed E-state index contributed by atoms with van der Waals surface area (Å²) >= 11 is 0. The van der Waals surface area contributed by atoms with E-state index in [1.807, 2.05) is 12.1 Å². The van der Waals surface area contributed by atoms with Crippen LogP contribution < -0.4 is 4.74 Å². The van der Waals surface area contributed by atoms with Gasteiger partial charge in [-0.05, 0) is 42.2 Å². The van der Waals surface area contributed by atoms with Gasteiger partial charge in [-0.15, -0.1) is 0 Å². The smallest absolute Gasteiger partial charge is 0.135 e. The summed E-state index contributed by atoms with van der Waals surface area (Å²) in [5, 5.41) is 14.8. The first-order valence-electron chi connectivity index (χ1n) is 10.9. The van der Waals surface area contributed by atoms with Gasteiger partial charge in [-0.2, -0.15) is 0 Å². The molecule has 3 aromatic rings. The van der Waals surface area contributed by atoms with Gasteiger partial charge >= 0.3 is 0 Å². The van der Waals surface area contributed by atoms with E-state index < -0.39 is 6.10 Å². The molecule has 3 aromatic carbocycles. The summed E-state index contributed by atoms with van der Waals surface area (Å²) in [5.41, 5.74) is 1.19. The zero-order valence-electron chi connectivity index (χ0n) is 18.0. The molecule has 3 heteroatoms. The number of hydrogen-bond donors (Lipinski definition) is 1. The minimum absolute atomic E-state index is 0.225. The lowest BCUT2D eigenvalue weighted by atomic mass is 9.98. The standard InChI is InChI=1S/C26H34O3/c1-4-8-20(5-2)13-14-28-17-23(27)18-29-26-24-10-7-6-9-21(24)16-22-12-11-19(3)15-25(22)26/h6-7,9-12,15-16,20,23,27H,4-5,8,13-14,17-18H2,1-3H3. The van der Waals surface area contributed by atoms with Gasteiger partial charge in [0.05, 0.1) is 6.61 Å². The molecule has 0 heterocycles. The predicted molar refractivity (Wildman–Crippen MR) is 122 cm³/mol. The van der Waals surface area contributed by atoms with Crippen LogP contribution in [0, 0.1) is 12.8 Å². The zero-order chi connectivity index (χ0) is 20.6. The average Bonchev–Trinajstić information content (AvgIpc) is 2.73. The monoisotopic (exact) mass is 394 g/mol. The van der Waals surface area contributed by atoms with E-state index in [1.165, 1.54) is 24.8 Å². The highest BCUT2D eigenvalue weighted by Gasteiger charge is 2.13. The van der Waals surface area contributed by atoms with Crippen LogP contribution in [0.15, 0.2) is 48.5 Å². The first kappa shape index (κ1) is 21.6. The molecule has 0 aliphatic rings. The minimum Gasteiger partial charge on any atom is -0.489 e. The van der Waals surface area contributed by atoms with Gasteiger partial charge < -0.3 is 14.6 Å². The van der Waals surface area contributed by atoms with E-state index in [9.17, 15) is 5.11 Å². The fourth-order valence-electron chi connectivity index (χ4n) is 3.95. The van der Waals surface area contributed by atoms with E-state index >= 15 is 0 Å². The molecular weight excluding hydrogens is 360 g/mol. The van der Waals surface area contributed by atoms with Gasteiger partial charge in [0, 0.05) is 17.4 Å². The van der Waals surface area contributed by atoms with E-state index in [1.54, 1.807) is 0 Å². The molecule has 29 heavy (non-hydrogen) atoms. The summed E-state index contributed by atoms with van der Waals surface area (Å²) in [6.07, 6.45) is 4.08. The SMILES string of the molecule is CCCC(CC)CCOCC(O)COc1c2ccccc2cc2ccc(C)cc12. The van der Waals surface area contributed by atoms with E-state index in [4.69, 9.17) is 9.47 Å². The van der Waals surface area contributed by atoms with Crippen molar-refractivity contribution in [2.45, 2.75) is 52.6 Å². The highest BCUT2D eigenvalue weighted by atomic mass is 16.5. The second kappa shape index (κ2) is 10.6. The second-order valence-corrected chi connectivity index (χ2v) is 8.04. The van der Waals surface area contributed by atoms with Crippen molar-refractivity contribution in [3.63, 3.8) is 0 Å². The maximum Gasteiger partial charge on any atom is 0.135 e. The normalized spacial score (nSPS) is 13.7. The second-order valence-electron chi connectivity index (χ2n) is 8.04. The van der Waals surface area contributed by atoms with Crippen molar-refractivity contribution in [1.82, 2.24) is 0 Å². The largest absolute Gasteiger partial charge is 0.489 e. The Morgan fingerprint density at radius 3 is 2.48 bits per heavy atom. The third-order valence-corrected chi connectivity index (χ3v) is 5.64. The van der Waals surface area contributed by atoms with E-state index in [0.717, 1.165) is 39.6 Å². The quantitative estimate of drug-likeness (QED) is 0.307. The highest BCUT2D eigenvalue weighted by Crippen LogP contribution is 2.35. The highest BCUT2D eigenvalue weighted by molar-refractivity contribution is 6.05. The number of aliphatic hydroxyl groups excluding tert-OH is 1. The molecule has 3 rings (SSSR count). The van der Waals surface area contributed by atoms with Crippen LogP contribution in [0.1, 0.15) is 45.1 Å². The molecule has 0 fully saturated rings. The molecule has 2 atom stereocenters. The van der Waals surface area contributed by atoms with Crippen LogP contribution in [0.4, 0.5) is 0 Å². The Hall–Kier alpha value is -2.10. The van der Waals surface area contributed by atoms with Crippen molar-refractivity contribution in [1.29, 1.82) is 0 Å². The number of rotatable bonds is 11. The molecule has 3 nitrogen and oxygen atoms in total. The lowest BCUT2D eigenvalue weighted by molar-refractivity contribution is 0.00842. The predicted octanol–water partition coefficient (Wildman–Crippen LogP) is 6.27. The van der Waals surface area contributed by atoms with Crippen molar-refractivity contribution < 1.29 is 14.6 Å². The molecule has 1 N–H and O–H groups in total. The molecule has 0 radical (unpaired) electrons. The zero-order valence-corrected chi connectivity index (χ0v) is 18.0. The molecule has 0 aliphatic carbocycles. The van der Waals surface area contributed by atoms with Crippen molar-refractivity contribution in [3.05, 3.63) is 54.1 Å². The molecular formula is C26H34O3. The minimum atomic E-state index is -0.639. The molecule has 0 spiro atoms. The Morgan fingerprint density at radius 1 is 0.897 bits per heavy atom. The Balaban J connectivity index is 1.64. The van der Waals surface area contributed by atoms with Crippen LogP contribution in [0.2, 0.25) is 0 Å². The van der Waals surface area contributed by atoms with Crippen molar-refractivity contribution in [2.75, 3.05) is 19.8 Å². The van der Waals surface area contributed by atoms with Crippen molar-refractivity contribution in [3.8, 4) is 5.75 Å². The van der Waals surface area contributed by atoms with E-state index in [-0.39, 0.29) is 6.61 Å². The van der Waals surface area contributed by atoms with Gasteiger partial charge in [-0.3, -0.25) is 0 Å². The molecule has 2 unspecified atom stereocenters. The summed E-state index contributed by atoms with van der Waals surface area (Å²) in [6, 6.07) is 16.8. The fourth-order valence-corrected chi connectivity index (χ4v) is 3.95. The number of aliphatic hydroxyl groups is 1. The van der Waals surface area contributed by atoms with Crippen LogP contribution in [-0.2, 0) is 4.74 Å². The summed E-state index contributed by atoms with van der Waals surface area (Å²) < 4.78 is 11.9. The van der Waals surface area contributed by atoms with Gasteiger partial charge in [0.2, 0.25) is 0 Å². The molecule has 0 saturated heterocycles. The van der Waals surface area contributed by atoms with Gasteiger partial charge in [-0.1, -0.05) is 75.1 Å². The number of benzene rings is 3. The Bertz CT molecular complexity index is 918. The van der Waals surface area contributed by atoms with Gasteiger partial charge in [0.25, 0.3) is 0 Å². The van der Waals surface area contributed by atoms with Gasteiger partial charge in [0.15, 0.2) is 0 Å². The first-order valence-corrected chi connectivity index (χ1v) is 10.9. The third kappa shape index (κ3) is 5.71. The summed E-state index contributed by atoms with van der Waals surface area (Å²) in [6.45, 7) is 7.78. The summed E-state index contributed by atoms with van der Waals surface area (Å²) in [7, 11) is 0. The lowest BCUT2D eigenvalue weighted by Crippen LogP contribution is -2.24. The van der Waals surface area contributed by atoms with Crippen LogP contribution in [0.3, 0.4) is 0 Å². The number of ether oxygens (including phenoxy) is 2. The van der Waals surface area contributed by atoms with Crippen molar-refractivity contribution in [2.24, 2.45) is 5.92 Å². The Labute approximate surface area is 174 Å². The third-order valence-electron chi connectivity index (χ3n) is 5.64. The van der Waals surface area contributed by atoms with Crippen LogP contribution in [0.25, 0.3) is 21.5 Å². The van der Waals surface area contributed by atoms with Gasteiger partial charge in [0.1, 0.15) is 18.5 Å². The van der Waals surface area contributed by atoms with Crippen LogP contribution >= 0.6 is 0 Å². The van der Waals surface area contributed by atoms with Crippen LogP contribution in [-0.4, -0.2) is 31.0 Å². The maximum atomic E-state index is 10.4. The number of aryl methyl sites for hydroxylation is 1. The van der Waals surface area contributed by atoms with Crippen LogP contribution in [0.5, 0.6) is 5.75 Å². The topological polar surface area (TPSA) is 38.7 Å². The van der Waals surface area contributed by atoms with E-state index in [2.05, 4.69) is 57.2 Å². The fraction of sp³-hybridized carbons (Fsp3) is 0.462. The average molecular weight is 395 g/mol. The molecule has 0 bridgehead atoms. The summed E-state index contributed by atoms with van der Waals surface area (Å²) in [4.78, 5) is 0.